The Labute approximate surface area is 127 Å². The predicted octanol–water partition coefficient (Wildman–Crippen LogP) is 2.02. The lowest BCUT2D eigenvalue weighted by atomic mass is 10.1. The number of carbonyl (C=O) groups is 1. The predicted molar refractivity (Wildman–Crippen MR) is 84.4 cm³/mol. The van der Waals surface area contributed by atoms with Crippen molar-refractivity contribution in [2.24, 2.45) is 0 Å². The first-order valence-corrected chi connectivity index (χ1v) is 7.01. The van der Waals surface area contributed by atoms with Gasteiger partial charge in [0.2, 0.25) is 0 Å². The molecule has 0 radical (unpaired) electrons. The standard InChI is InChI=1S/C17H15N3O2/c21-11-10-18-17(22)15-13-8-4-5-9-14(13)19-16(20-15)12-6-2-1-3-7-12/h1-9,21H,10-11H2,(H,18,22). The molecule has 110 valence electrons. The average molecular weight is 293 g/mol. The van der Waals surface area contributed by atoms with E-state index >= 15 is 0 Å². The molecule has 3 rings (SSSR count). The van der Waals surface area contributed by atoms with E-state index < -0.39 is 0 Å². The van der Waals surface area contributed by atoms with E-state index in [9.17, 15) is 4.79 Å². The van der Waals surface area contributed by atoms with Crippen LogP contribution in [0.25, 0.3) is 22.3 Å². The van der Waals surface area contributed by atoms with E-state index in [0.29, 0.717) is 22.4 Å². The van der Waals surface area contributed by atoms with E-state index in [2.05, 4.69) is 15.3 Å². The topological polar surface area (TPSA) is 75.1 Å². The van der Waals surface area contributed by atoms with Crippen LogP contribution in [0.3, 0.4) is 0 Å². The normalized spacial score (nSPS) is 10.6. The molecule has 0 aliphatic heterocycles. The summed E-state index contributed by atoms with van der Waals surface area (Å²) in [5.41, 5.74) is 1.88. The molecule has 0 saturated carbocycles. The molecule has 0 saturated heterocycles. The second-order valence-electron chi connectivity index (χ2n) is 4.76. The van der Waals surface area contributed by atoms with Gasteiger partial charge in [-0.3, -0.25) is 4.79 Å². The Bertz CT molecular complexity index is 803. The summed E-state index contributed by atoms with van der Waals surface area (Å²) < 4.78 is 0. The van der Waals surface area contributed by atoms with Gasteiger partial charge >= 0.3 is 0 Å². The van der Waals surface area contributed by atoms with Gasteiger partial charge in [-0.1, -0.05) is 48.5 Å². The third-order valence-electron chi connectivity index (χ3n) is 3.25. The number of aliphatic hydroxyl groups is 1. The van der Waals surface area contributed by atoms with Crippen molar-refractivity contribution >= 4 is 16.8 Å². The zero-order valence-corrected chi connectivity index (χ0v) is 11.9. The van der Waals surface area contributed by atoms with Crippen LogP contribution in [-0.4, -0.2) is 34.1 Å². The Hall–Kier alpha value is -2.79. The molecule has 3 aromatic rings. The number of hydrogen-bond donors (Lipinski definition) is 2. The number of amides is 1. The number of nitrogens with zero attached hydrogens (tertiary/aromatic N) is 2. The molecule has 1 aromatic heterocycles. The van der Waals surface area contributed by atoms with Gasteiger partial charge in [-0.05, 0) is 6.07 Å². The second kappa shape index (κ2) is 6.32. The van der Waals surface area contributed by atoms with Gasteiger partial charge in [-0.15, -0.1) is 0 Å². The Balaban J connectivity index is 2.14. The molecule has 5 heteroatoms. The molecule has 2 N–H and O–H groups in total. The van der Waals surface area contributed by atoms with Crippen LogP contribution in [0.4, 0.5) is 0 Å². The van der Waals surface area contributed by atoms with E-state index in [4.69, 9.17) is 5.11 Å². The van der Waals surface area contributed by atoms with E-state index in [1.165, 1.54) is 0 Å². The molecular weight excluding hydrogens is 278 g/mol. The maximum Gasteiger partial charge on any atom is 0.270 e. The van der Waals surface area contributed by atoms with Crippen molar-refractivity contribution in [2.75, 3.05) is 13.2 Å². The van der Waals surface area contributed by atoms with Crippen LogP contribution in [0.5, 0.6) is 0 Å². The Morgan fingerprint density at radius 1 is 1.00 bits per heavy atom. The fraction of sp³-hybridized carbons (Fsp3) is 0.118. The summed E-state index contributed by atoms with van der Waals surface area (Å²) in [6.07, 6.45) is 0. The van der Waals surface area contributed by atoms with Gasteiger partial charge in [-0.25, -0.2) is 9.97 Å². The summed E-state index contributed by atoms with van der Waals surface area (Å²) >= 11 is 0. The first-order chi connectivity index (χ1) is 10.8. The molecule has 5 nitrogen and oxygen atoms in total. The Morgan fingerprint density at radius 3 is 2.50 bits per heavy atom. The summed E-state index contributed by atoms with van der Waals surface area (Å²) in [6, 6.07) is 16.9. The van der Waals surface area contributed by atoms with Crippen LogP contribution in [0.2, 0.25) is 0 Å². The fourth-order valence-electron chi connectivity index (χ4n) is 2.22. The molecule has 1 heterocycles. The molecule has 0 unspecified atom stereocenters. The fourth-order valence-corrected chi connectivity index (χ4v) is 2.22. The summed E-state index contributed by atoms with van der Waals surface area (Å²) in [5, 5.41) is 12.2. The summed E-state index contributed by atoms with van der Waals surface area (Å²) in [7, 11) is 0. The molecule has 0 spiro atoms. The van der Waals surface area contributed by atoms with Gasteiger partial charge in [0.25, 0.3) is 5.91 Å². The lowest BCUT2D eigenvalue weighted by Gasteiger charge is -2.09. The van der Waals surface area contributed by atoms with Gasteiger partial charge in [0.05, 0.1) is 12.1 Å². The Kier molecular flexibility index (Phi) is 4.07. The van der Waals surface area contributed by atoms with Crippen molar-refractivity contribution in [3.8, 4) is 11.4 Å². The number of aromatic nitrogens is 2. The molecule has 1 amide bonds. The van der Waals surface area contributed by atoms with Crippen molar-refractivity contribution in [3.63, 3.8) is 0 Å². The molecule has 0 bridgehead atoms. The molecule has 2 aromatic carbocycles. The molecule has 0 aliphatic carbocycles. The molecule has 0 fully saturated rings. The van der Waals surface area contributed by atoms with Crippen LogP contribution < -0.4 is 5.32 Å². The SMILES string of the molecule is O=C(NCCO)c1nc(-c2ccccc2)nc2ccccc12. The largest absolute Gasteiger partial charge is 0.395 e. The van der Waals surface area contributed by atoms with E-state index in [-0.39, 0.29) is 19.1 Å². The highest BCUT2D eigenvalue weighted by molar-refractivity contribution is 6.04. The molecule has 0 atom stereocenters. The highest BCUT2D eigenvalue weighted by Gasteiger charge is 2.15. The monoisotopic (exact) mass is 293 g/mol. The van der Waals surface area contributed by atoms with Crippen LogP contribution in [-0.2, 0) is 0 Å². The number of nitrogens with one attached hydrogen (secondary N) is 1. The number of benzene rings is 2. The zero-order valence-electron chi connectivity index (χ0n) is 11.9. The lowest BCUT2D eigenvalue weighted by Crippen LogP contribution is -2.27. The summed E-state index contributed by atoms with van der Waals surface area (Å²) in [4.78, 5) is 21.2. The smallest absolute Gasteiger partial charge is 0.270 e. The number of hydrogen-bond acceptors (Lipinski definition) is 4. The van der Waals surface area contributed by atoms with Crippen LogP contribution in [0, 0.1) is 0 Å². The minimum absolute atomic E-state index is 0.111. The van der Waals surface area contributed by atoms with Crippen molar-refractivity contribution < 1.29 is 9.90 Å². The quantitative estimate of drug-likeness (QED) is 0.771. The molecular formula is C17H15N3O2. The minimum atomic E-state index is -0.315. The van der Waals surface area contributed by atoms with Crippen molar-refractivity contribution in [2.45, 2.75) is 0 Å². The van der Waals surface area contributed by atoms with Gasteiger partial charge in [0.1, 0.15) is 5.69 Å². The lowest BCUT2D eigenvalue weighted by molar-refractivity contribution is 0.0941. The van der Waals surface area contributed by atoms with Gasteiger partial charge in [0, 0.05) is 17.5 Å². The van der Waals surface area contributed by atoms with Gasteiger partial charge in [-0.2, -0.15) is 0 Å². The summed E-state index contributed by atoms with van der Waals surface area (Å²) in [6.45, 7) is 0.0815. The zero-order chi connectivity index (χ0) is 15.4. The van der Waals surface area contributed by atoms with E-state index in [1.807, 2.05) is 54.6 Å². The van der Waals surface area contributed by atoms with Crippen molar-refractivity contribution in [1.29, 1.82) is 0 Å². The third-order valence-corrected chi connectivity index (χ3v) is 3.25. The van der Waals surface area contributed by atoms with Crippen LogP contribution in [0.1, 0.15) is 10.5 Å². The first-order valence-electron chi connectivity index (χ1n) is 7.01. The molecule has 0 aliphatic rings. The van der Waals surface area contributed by atoms with Crippen molar-refractivity contribution in [1.82, 2.24) is 15.3 Å². The van der Waals surface area contributed by atoms with Gasteiger partial charge < -0.3 is 10.4 Å². The first kappa shape index (κ1) is 14.2. The Morgan fingerprint density at radius 2 is 1.73 bits per heavy atom. The third kappa shape index (κ3) is 2.80. The maximum atomic E-state index is 12.3. The highest BCUT2D eigenvalue weighted by atomic mass is 16.3. The number of aliphatic hydroxyl groups excluding tert-OH is 1. The number of carbonyl (C=O) groups excluding carboxylic acids is 1. The molecule has 22 heavy (non-hydrogen) atoms. The highest BCUT2D eigenvalue weighted by Crippen LogP contribution is 2.21. The van der Waals surface area contributed by atoms with Crippen molar-refractivity contribution in [3.05, 3.63) is 60.3 Å². The van der Waals surface area contributed by atoms with Crippen LogP contribution in [0.15, 0.2) is 54.6 Å². The second-order valence-corrected chi connectivity index (χ2v) is 4.76. The van der Waals surface area contributed by atoms with E-state index in [1.54, 1.807) is 0 Å². The van der Waals surface area contributed by atoms with E-state index in [0.717, 1.165) is 5.56 Å². The van der Waals surface area contributed by atoms with Gasteiger partial charge in [0.15, 0.2) is 5.82 Å². The van der Waals surface area contributed by atoms with Crippen LogP contribution >= 0.6 is 0 Å². The maximum absolute atomic E-state index is 12.3. The average Bonchev–Trinajstić information content (AvgIpc) is 2.59. The minimum Gasteiger partial charge on any atom is -0.395 e. The number of rotatable bonds is 4. The number of fused-ring (bicyclic) bond motifs is 1. The number of para-hydroxylation sites is 1. The summed E-state index contributed by atoms with van der Waals surface area (Å²) in [5.74, 6) is 0.193.